The van der Waals surface area contributed by atoms with Gasteiger partial charge in [0, 0.05) is 36.6 Å². The van der Waals surface area contributed by atoms with Crippen LogP contribution < -0.4 is 10.0 Å². The SMILES string of the molecule is COCCNS(=O)(=O)c1ccc(Nc2ncc(Sc3ccccc3)c(-c3cnc4ccccn34)n2)cc1. The van der Waals surface area contributed by atoms with Crippen molar-refractivity contribution in [3.8, 4) is 11.4 Å². The predicted molar refractivity (Wildman–Crippen MR) is 144 cm³/mol. The van der Waals surface area contributed by atoms with E-state index in [1.807, 2.05) is 59.1 Å². The fourth-order valence-corrected chi connectivity index (χ4v) is 5.53. The third-order valence-corrected chi connectivity index (χ3v) is 7.91. The molecule has 37 heavy (non-hydrogen) atoms. The summed E-state index contributed by atoms with van der Waals surface area (Å²) in [6.07, 6.45) is 5.53. The molecule has 0 radical (unpaired) electrons. The van der Waals surface area contributed by atoms with Crippen LogP contribution in [0.4, 0.5) is 11.6 Å². The van der Waals surface area contributed by atoms with Crippen molar-refractivity contribution < 1.29 is 13.2 Å². The van der Waals surface area contributed by atoms with Crippen molar-refractivity contribution in [3.05, 3.63) is 91.4 Å². The number of nitrogens with zero attached hydrogens (tertiary/aromatic N) is 4. The van der Waals surface area contributed by atoms with Gasteiger partial charge in [-0.3, -0.25) is 4.40 Å². The Balaban J connectivity index is 1.45. The van der Waals surface area contributed by atoms with E-state index in [1.165, 1.54) is 19.2 Å². The molecule has 0 fully saturated rings. The highest BCUT2D eigenvalue weighted by molar-refractivity contribution is 7.99. The normalized spacial score (nSPS) is 11.6. The van der Waals surface area contributed by atoms with Crippen molar-refractivity contribution in [1.29, 1.82) is 0 Å². The molecule has 11 heteroatoms. The summed E-state index contributed by atoms with van der Waals surface area (Å²) in [6, 6.07) is 22.3. The lowest BCUT2D eigenvalue weighted by atomic mass is 10.3. The Labute approximate surface area is 219 Å². The Bertz CT molecular complexity index is 1610. The van der Waals surface area contributed by atoms with E-state index < -0.39 is 10.0 Å². The number of pyridine rings is 1. The van der Waals surface area contributed by atoms with Crippen LogP contribution >= 0.6 is 11.8 Å². The minimum atomic E-state index is -3.62. The maximum Gasteiger partial charge on any atom is 0.240 e. The van der Waals surface area contributed by atoms with Gasteiger partial charge in [0.1, 0.15) is 11.3 Å². The fraction of sp³-hybridized carbons (Fsp3) is 0.115. The third-order valence-electron chi connectivity index (χ3n) is 5.40. The summed E-state index contributed by atoms with van der Waals surface area (Å²) in [5, 5.41) is 3.18. The molecule has 0 aliphatic rings. The number of benzene rings is 2. The number of ether oxygens (including phenoxy) is 1. The standard InChI is InChI=1S/C26H24N6O3S2/c1-35-16-14-29-37(33,34)21-12-10-19(11-13-21)30-26-28-18-23(36-20-7-3-2-4-8-20)25(31-26)22-17-27-24-9-5-6-15-32(22)24/h2-13,15,17-18,29H,14,16H2,1H3,(H,28,30,31). The number of methoxy groups -OCH3 is 1. The predicted octanol–water partition coefficient (Wildman–Crippen LogP) is 4.61. The second kappa shape index (κ2) is 11.1. The smallest absolute Gasteiger partial charge is 0.240 e. The summed E-state index contributed by atoms with van der Waals surface area (Å²) in [5.41, 5.74) is 3.04. The molecule has 9 nitrogen and oxygen atoms in total. The van der Waals surface area contributed by atoms with Gasteiger partial charge in [-0.15, -0.1) is 0 Å². The van der Waals surface area contributed by atoms with E-state index in [0.29, 0.717) is 18.2 Å². The molecule has 0 spiro atoms. The second-order valence-corrected chi connectivity index (χ2v) is 10.8. The first-order valence-corrected chi connectivity index (χ1v) is 13.7. The quantitative estimate of drug-likeness (QED) is 0.251. The van der Waals surface area contributed by atoms with Crippen LogP contribution in [-0.2, 0) is 14.8 Å². The van der Waals surface area contributed by atoms with Crippen LogP contribution in [0.2, 0.25) is 0 Å². The van der Waals surface area contributed by atoms with Gasteiger partial charge in [-0.1, -0.05) is 36.0 Å². The number of imidazole rings is 1. The molecule has 2 aromatic carbocycles. The van der Waals surface area contributed by atoms with E-state index in [9.17, 15) is 8.42 Å². The van der Waals surface area contributed by atoms with Crippen LogP contribution in [0.5, 0.6) is 0 Å². The van der Waals surface area contributed by atoms with Gasteiger partial charge < -0.3 is 10.1 Å². The van der Waals surface area contributed by atoms with Crippen LogP contribution in [0.3, 0.4) is 0 Å². The molecule has 0 saturated carbocycles. The number of fused-ring (bicyclic) bond motifs is 1. The molecule has 2 N–H and O–H groups in total. The van der Waals surface area contributed by atoms with E-state index in [0.717, 1.165) is 26.8 Å². The summed E-state index contributed by atoms with van der Waals surface area (Å²) in [6.45, 7) is 0.496. The van der Waals surface area contributed by atoms with Gasteiger partial charge in [-0.25, -0.2) is 28.1 Å². The van der Waals surface area contributed by atoms with Crippen molar-refractivity contribution >= 4 is 39.1 Å². The average Bonchev–Trinajstić information content (AvgIpc) is 3.35. The number of anilines is 2. The Kier molecular flexibility index (Phi) is 7.47. The van der Waals surface area contributed by atoms with Crippen molar-refractivity contribution in [2.45, 2.75) is 14.7 Å². The molecular weight excluding hydrogens is 508 g/mol. The minimum Gasteiger partial charge on any atom is -0.383 e. The Morgan fingerprint density at radius 3 is 2.51 bits per heavy atom. The zero-order valence-corrected chi connectivity index (χ0v) is 21.5. The lowest BCUT2D eigenvalue weighted by Gasteiger charge is -2.12. The van der Waals surface area contributed by atoms with Crippen LogP contribution in [0, 0.1) is 0 Å². The van der Waals surface area contributed by atoms with Crippen LogP contribution in [-0.4, -0.2) is 48.0 Å². The van der Waals surface area contributed by atoms with E-state index in [2.05, 4.69) is 20.0 Å². The molecule has 0 atom stereocenters. The minimum absolute atomic E-state index is 0.163. The molecule has 188 valence electrons. The molecular formula is C26H24N6O3S2. The second-order valence-electron chi connectivity index (χ2n) is 7.93. The fourth-order valence-electron chi connectivity index (χ4n) is 3.62. The largest absolute Gasteiger partial charge is 0.383 e. The van der Waals surface area contributed by atoms with Gasteiger partial charge in [0.25, 0.3) is 0 Å². The average molecular weight is 533 g/mol. The zero-order chi connectivity index (χ0) is 25.7. The number of rotatable bonds is 10. The van der Waals surface area contributed by atoms with Crippen molar-refractivity contribution in [1.82, 2.24) is 24.1 Å². The first kappa shape index (κ1) is 24.9. The lowest BCUT2D eigenvalue weighted by molar-refractivity contribution is 0.204. The summed E-state index contributed by atoms with van der Waals surface area (Å²) in [5.74, 6) is 0.382. The van der Waals surface area contributed by atoms with Crippen molar-refractivity contribution in [2.75, 3.05) is 25.6 Å². The molecule has 3 aromatic heterocycles. The number of nitrogens with one attached hydrogen (secondary N) is 2. The van der Waals surface area contributed by atoms with Crippen molar-refractivity contribution in [2.24, 2.45) is 0 Å². The molecule has 5 aromatic rings. The van der Waals surface area contributed by atoms with Crippen LogP contribution in [0.25, 0.3) is 17.0 Å². The molecule has 0 bridgehead atoms. The highest BCUT2D eigenvalue weighted by atomic mass is 32.2. The topological polar surface area (TPSA) is 111 Å². The highest BCUT2D eigenvalue weighted by Gasteiger charge is 2.16. The van der Waals surface area contributed by atoms with E-state index in [4.69, 9.17) is 9.72 Å². The number of hydrogen-bond acceptors (Lipinski definition) is 8. The van der Waals surface area contributed by atoms with Gasteiger partial charge in [-0.2, -0.15) is 0 Å². The molecule has 0 amide bonds. The Morgan fingerprint density at radius 2 is 1.73 bits per heavy atom. The number of sulfonamides is 1. The zero-order valence-electron chi connectivity index (χ0n) is 19.9. The van der Waals surface area contributed by atoms with Crippen molar-refractivity contribution in [3.63, 3.8) is 0 Å². The van der Waals surface area contributed by atoms with Crippen LogP contribution in [0.15, 0.2) is 106 Å². The highest BCUT2D eigenvalue weighted by Crippen LogP contribution is 2.35. The number of aromatic nitrogens is 4. The summed E-state index contributed by atoms with van der Waals surface area (Å²) < 4.78 is 34.2. The molecule has 5 rings (SSSR count). The van der Waals surface area contributed by atoms with Gasteiger partial charge in [-0.05, 0) is 48.5 Å². The van der Waals surface area contributed by atoms with E-state index in [1.54, 1.807) is 36.3 Å². The monoisotopic (exact) mass is 532 g/mol. The Hall–Kier alpha value is -3.77. The van der Waals surface area contributed by atoms with E-state index in [-0.39, 0.29) is 11.4 Å². The van der Waals surface area contributed by atoms with E-state index >= 15 is 0 Å². The third kappa shape index (κ3) is 5.81. The summed E-state index contributed by atoms with van der Waals surface area (Å²) in [4.78, 5) is 16.0. The lowest BCUT2D eigenvalue weighted by Crippen LogP contribution is -2.27. The molecule has 0 unspecified atom stereocenters. The van der Waals surface area contributed by atoms with Gasteiger partial charge in [0.2, 0.25) is 16.0 Å². The van der Waals surface area contributed by atoms with Gasteiger partial charge in [0.15, 0.2) is 0 Å². The molecule has 0 saturated heterocycles. The first-order chi connectivity index (χ1) is 18.0. The van der Waals surface area contributed by atoms with Crippen LogP contribution in [0.1, 0.15) is 0 Å². The molecule has 3 heterocycles. The summed E-state index contributed by atoms with van der Waals surface area (Å²) in [7, 11) is -2.10. The molecule has 0 aliphatic carbocycles. The number of hydrogen-bond donors (Lipinski definition) is 2. The van der Waals surface area contributed by atoms with Gasteiger partial charge in [0.05, 0.1) is 28.3 Å². The maximum atomic E-state index is 12.4. The molecule has 0 aliphatic heterocycles. The Morgan fingerprint density at radius 1 is 0.946 bits per heavy atom. The maximum absolute atomic E-state index is 12.4. The van der Waals surface area contributed by atoms with Gasteiger partial charge >= 0.3 is 0 Å². The summed E-state index contributed by atoms with van der Waals surface area (Å²) >= 11 is 1.57. The first-order valence-electron chi connectivity index (χ1n) is 11.4.